The van der Waals surface area contributed by atoms with Crippen molar-refractivity contribution in [3.8, 4) is 17.7 Å². The van der Waals surface area contributed by atoms with Gasteiger partial charge in [0.2, 0.25) is 11.8 Å². The Labute approximate surface area is 128 Å². The Morgan fingerprint density at radius 2 is 2.18 bits per heavy atom. The number of hydrogen-bond donors (Lipinski definition) is 2. The first kappa shape index (κ1) is 14.0. The van der Waals surface area contributed by atoms with Gasteiger partial charge in [0.1, 0.15) is 17.4 Å². The Balaban J connectivity index is 2.21. The third kappa shape index (κ3) is 1.99. The molecule has 1 aliphatic heterocycles. The fourth-order valence-corrected chi connectivity index (χ4v) is 2.81. The molecule has 0 saturated carbocycles. The lowest BCUT2D eigenvalue weighted by Gasteiger charge is -2.24. The lowest BCUT2D eigenvalue weighted by atomic mass is 9.83. The number of benzene rings is 1. The molecule has 22 heavy (non-hydrogen) atoms. The minimum Gasteiger partial charge on any atom is -0.496 e. The van der Waals surface area contributed by atoms with E-state index in [-0.39, 0.29) is 11.8 Å². The van der Waals surface area contributed by atoms with Crippen molar-refractivity contribution in [3.05, 3.63) is 52.0 Å². The van der Waals surface area contributed by atoms with Gasteiger partial charge in [-0.05, 0) is 31.0 Å². The summed E-state index contributed by atoms with van der Waals surface area (Å²) in [4.78, 5) is 0. The fourth-order valence-electron chi connectivity index (χ4n) is 2.81. The number of aromatic nitrogens is 2. The van der Waals surface area contributed by atoms with Crippen LogP contribution in [-0.4, -0.2) is 17.3 Å². The highest BCUT2D eigenvalue weighted by Gasteiger charge is 2.34. The number of hydrogen-bond acceptors (Lipinski definition) is 5. The molecule has 6 heteroatoms. The summed E-state index contributed by atoms with van der Waals surface area (Å²) in [6.07, 6.45) is 0. The summed E-state index contributed by atoms with van der Waals surface area (Å²) < 4.78 is 10.7. The minimum atomic E-state index is -0.294. The number of aromatic amines is 1. The Morgan fingerprint density at radius 3 is 2.82 bits per heavy atom. The highest BCUT2D eigenvalue weighted by molar-refractivity contribution is 5.56. The molecule has 0 spiro atoms. The molecule has 0 radical (unpaired) electrons. The zero-order valence-electron chi connectivity index (χ0n) is 12.6. The quantitative estimate of drug-likeness (QED) is 0.886. The van der Waals surface area contributed by atoms with Crippen LogP contribution < -0.4 is 15.2 Å². The van der Waals surface area contributed by atoms with Gasteiger partial charge in [-0.15, -0.1) is 5.10 Å². The van der Waals surface area contributed by atoms with E-state index in [1.807, 2.05) is 32.0 Å². The number of nitriles is 1. The second-order valence-corrected chi connectivity index (χ2v) is 5.22. The molecule has 3 N–H and O–H groups in total. The first-order valence-corrected chi connectivity index (χ1v) is 6.83. The van der Waals surface area contributed by atoms with E-state index in [1.54, 1.807) is 7.11 Å². The van der Waals surface area contributed by atoms with E-state index >= 15 is 0 Å². The van der Waals surface area contributed by atoms with E-state index < -0.39 is 0 Å². The zero-order valence-corrected chi connectivity index (χ0v) is 12.6. The SMILES string of the molecule is COc1ccc(C2C(C#N)=C(N)Oc3n[nH]c(C)c32)cc1C. The second kappa shape index (κ2) is 5.11. The number of nitrogens with zero attached hydrogens (tertiary/aromatic N) is 2. The van der Waals surface area contributed by atoms with Crippen LogP contribution >= 0.6 is 0 Å². The molecule has 1 unspecified atom stereocenters. The van der Waals surface area contributed by atoms with Gasteiger partial charge in [-0.3, -0.25) is 5.10 Å². The van der Waals surface area contributed by atoms with Gasteiger partial charge in [0.25, 0.3) is 0 Å². The summed E-state index contributed by atoms with van der Waals surface area (Å²) in [7, 11) is 1.63. The van der Waals surface area contributed by atoms with Gasteiger partial charge in [0, 0.05) is 11.3 Å². The van der Waals surface area contributed by atoms with Gasteiger partial charge in [-0.1, -0.05) is 12.1 Å². The molecule has 1 aliphatic rings. The number of aryl methyl sites for hydroxylation is 2. The molecule has 1 atom stereocenters. The van der Waals surface area contributed by atoms with Crippen molar-refractivity contribution in [1.29, 1.82) is 5.26 Å². The summed E-state index contributed by atoms with van der Waals surface area (Å²) in [6.45, 7) is 3.86. The molecule has 112 valence electrons. The van der Waals surface area contributed by atoms with Crippen LogP contribution in [0.5, 0.6) is 11.6 Å². The molecule has 0 aliphatic carbocycles. The first-order chi connectivity index (χ1) is 10.6. The molecule has 0 fully saturated rings. The summed E-state index contributed by atoms with van der Waals surface area (Å²) in [6, 6.07) is 7.98. The topological polar surface area (TPSA) is 96.9 Å². The number of methoxy groups -OCH3 is 1. The average Bonchev–Trinajstić information content (AvgIpc) is 2.86. The lowest BCUT2D eigenvalue weighted by Crippen LogP contribution is -2.21. The van der Waals surface area contributed by atoms with Crippen LogP contribution in [0.4, 0.5) is 0 Å². The molecular formula is C16H16N4O2. The van der Waals surface area contributed by atoms with E-state index in [2.05, 4.69) is 16.3 Å². The fraction of sp³-hybridized carbons (Fsp3) is 0.250. The molecule has 1 aromatic carbocycles. The van der Waals surface area contributed by atoms with Gasteiger partial charge < -0.3 is 15.2 Å². The first-order valence-electron chi connectivity index (χ1n) is 6.83. The molecule has 1 aromatic heterocycles. The number of nitrogens with two attached hydrogens (primary N) is 1. The molecule has 2 aromatic rings. The number of fused-ring (bicyclic) bond motifs is 1. The van der Waals surface area contributed by atoms with Crippen LogP contribution in [0.1, 0.15) is 28.3 Å². The third-order valence-electron chi connectivity index (χ3n) is 3.88. The normalized spacial score (nSPS) is 16.7. The Kier molecular flexibility index (Phi) is 3.26. The maximum atomic E-state index is 9.49. The molecule has 0 bridgehead atoms. The maximum Gasteiger partial charge on any atom is 0.244 e. The summed E-state index contributed by atoms with van der Waals surface area (Å²) in [5.41, 5.74) is 9.92. The number of nitrogens with one attached hydrogen (secondary N) is 1. The Morgan fingerprint density at radius 1 is 1.41 bits per heavy atom. The largest absolute Gasteiger partial charge is 0.496 e. The van der Waals surface area contributed by atoms with Gasteiger partial charge in [-0.25, -0.2) is 0 Å². The lowest BCUT2D eigenvalue weighted by molar-refractivity contribution is 0.378. The summed E-state index contributed by atoms with van der Waals surface area (Å²) in [5, 5.41) is 16.5. The smallest absolute Gasteiger partial charge is 0.244 e. The van der Waals surface area contributed by atoms with Crippen molar-refractivity contribution in [2.75, 3.05) is 7.11 Å². The Hall–Kier alpha value is -2.94. The van der Waals surface area contributed by atoms with Gasteiger partial charge >= 0.3 is 0 Å². The standard InChI is InChI=1S/C16H16N4O2/c1-8-6-10(4-5-12(8)21-3)14-11(7-17)15(18)22-16-13(14)9(2)19-20-16/h4-6,14H,18H2,1-3H3,(H,19,20). The highest BCUT2D eigenvalue weighted by Crippen LogP contribution is 2.43. The van der Waals surface area contributed by atoms with E-state index in [1.165, 1.54) is 0 Å². The summed E-state index contributed by atoms with van der Waals surface area (Å²) in [5.74, 6) is 1.03. The van der Waals surface area contributed by atoms with Crippen LogP contribution in [0.25, 0.3) is 0 Å². The van der Waals surface area contributed by atoms with Crippen molar-refractivity contribution in [1.82, 2.24) is 10.2 Å². The van der Waals surface area contributed by atoms with Crippen LogP contribution in [0.15, 0.2) is 29.7 Å². The molecular weight excluding hydrogens is 280 g/mol. The van der Waals surface area contributed by atoms with Crippen molar-refractivity contribution < 1.29 is 9.47 Å². The van der Waals surface area contributed by atoms with Gasteiger partial charge in [0.05, 0.1) is 13.0 Å². The van der Waals surface area contributed by atoms with E-state index in [0.29, 0.717) is 11.5 Å². The molecule has 0 amide bonds. The van der Waals surface area contributed by atoms with Gasteiger partial charge in [0.15, 0.2) is 0 Å². The minimum absolute atomic E-state index is 0.0972. The average molecular weight is 296 g/mol. The van der Waals surface area contributed by atoms with Crippen molar-refractivity contribution in [2.45, 2.75) is 19.8 Å². The Bertz CT molecular complexity index is 814. The molecule has 3 rings (SSSR count). The number of ether oxygens (including phenoxy) is 2. The van der Waals surface area contributed by atoms with Crippen LogP contribution in [0.3, 0.4) is 0 Å². The van der Waals surface area contributed by atoms with E-state index in [4.69, 9.17) is 15.2 Å². The van der Waals surface area contributed by atoms with Crippen molar-refractivity contribution in [2.24, 2.45) is 5.73 Å². The summed E-state index contributed by atoms with van der Waals surface area (Å²) >= 11 is 0. The van der Waals surface area contributed by atoms with Crippen LogP contribution in [0, 0.1) is 25.2 Å². The highest BCUT2D eigenvalue weighted by atomic mass is 16.5. The van der Waals surface area contributed by atoms with Crippen LogP contribution in [-0.2, 0) is 0 Å². The zero-order chi connectivity index (χ0) is 15.9. The number of allylic oxidation sites excluding steroid dienone is 1. The number of H-pyrrole nitrogens is 1. The van der Waals surface area contributed by atoms with Gasteiger partial charge in [-0.2, -0.15) is 5.26 Å². The predicted molar refractivity (Wildman–Crippen MR) is 80.4 cm³/mol. The van der Waals surface area contributed by atoms with E-state index in [9.17, 15) is 5.26 Å². The second-order valence-electron chi connectivity index (χ2n) is 5.22. The maximum absolute atomic E-state index is 9.49. The van der Waals surface area contributed by atoms with Crippen molar-refractivity contribution >= 4 is 0 Å². The van der Waals surface area contributed by atoms with E-state index in [0.717, 1.165) is 28.1 Å². The molecule has 2 heterocycles. The molecule has 0 saturated heterocycles. The molecule has 6 nitrogen and oxygen atoms in total. The monoisotopic (exact) mass is 296 g/mol. The number of rotatable bonds is 2. The predicted octanol–water partition coefficient (Wildman–Crippen LogP) is 2.25. The third-order valence-corrected chi connectivity index (χ3v) is 3.88. The van der Waals surface area contributed by atoms with Crippen LogP contribution in [0.2, 0.25) is 0 Å². The van der Waals surface area contributed by atoms with Crippen molar-refractivity contribution in [3.63, 3.8) is 0 Å².